The number of nitrogens with two attached hydrogens (primary N) is 1. The number of ether oxygens (including phenoxy) is 2. The number of esters is 2. The van der Waals surface area contributed by atoms with Crippen LogP contribution in [0.25, 0.3) is 10.8 Å². The lowest BCUT2D eigenvalue weighted by atomic mass is 9.80. The van der Waals surface area contributed by atoms with E-state index in [2.05, 4.69) is 6.07 Å². The third-order valence-corrected chi connectivity index (χ3v) is 6.90. The maximum Gasteiger partial charge on any atom is 0.355 e. The SMILES string of the molecule is COC(=O)C1=C(C(=O)OC)N(c2ccc(S(=O)(=O)O)c3ccccc23)C(N)=C(C#N)C1c1ccccc1. The van der Waals surface area contributed by atoms with Gasteiger partial charge in [-0.15, -0.1) is 0 Å². The molecule has 37 heavy (non-hydrogen) atoms. The smallest absolute Gasteiger partial charge is 0.355 e. The average Bonchev–Trinajstić information content (AvgIpc) is 2.90. The van der Waals surface area contributed by atoms with Gasteiger partial charge in [0.25, 0.3) is 10.1 Å². The number of anilines is 1. The van der Waals surface area contributed by atoms with Gasteiger partial charge in [-0.1, -0.05) is 54.6 Å². The van der Waals surface area contributed by atoms with Gasteiger partial charge in [0.2, 0.25) is 0 Å². The van der Waals surface area contributed by atoms with Gasteiger partial charge in [-0.3, -0.25) is 9.45 Å². The van der Waals surface area contributed by atoms with Crippen molar-refractivity contribution in [3.05, 3.63) is 95.0 Å². The predicted molar refractivity (Wildman–Crippen MR) is 133 cm³/mol. The van der Waals surface area contributed by atoms with E-state index >= 15 is 0 Å². The van der Waals surface area contributed by atoms with Crippen LogP contribution in [0.1, 0.15) is 11.5 Å². The Morgan fingerprint density at radius 3 is 2.11 bits per heavy atom. The second kappa shape index (κ2) is 9.77. The molecule has 0 spiro atoms. The minimum Gasteiger partial charge on any atom is -0.466 e. The van der Waals surface area contributed by atoms with Crippen molar-refractivity contribution in [2.75, 3.05) is 19.1 Å². The van der Waals surface area contributed by atoms with E-state index in [1.165, 1.54) is 17.0 Å². The Morgan fingerprint density at radius 2 is 1.54 bits per heavy atom. The van der Waals surface area contributed by atoms with E-state index in [0.717, 1.165) is 20.3 Å². The Bertz CT molecular complexity index is 1640. The molecule has 188 valence electrons. The number of hydrogen-bond acceptors (Lipinski definition) is 9. The van der Waals surface area contributed by atoms with Crippen molar-refractivity contribution >= 4 is 38.5 Å². The summed E-state index contributed by atoms with van der Waals surface area (Å²) in [5.41, 5.74) is 6.67. The zero-order valence-corrected chi connectivity index (χ0v) is 20.5. The number of nitrogens with zero attached hydrogens (tertiary/aromatic N) is 2. The molecular weight excluding hydrogens is 498 g/mol. The summed E-state index contributed by atoms with van der Waals surface area (Å²) in [6.45, 7) is 0. The van der Waals surface area contributed by atoms with Gasteiger partial charge in [-0.2, -0.15) is 13.7 Å². The molecule has 0 radical (unpaired) electrons. The third-order valence-electron chi connectivity index (χ3n) is 5.99. The summed E-state index contributed by atoms with van der Waals surface area (Å²) in [5, 5.41) is 10.6. The molecule has 11 heteroatoms. The maximum atomic E-state index is 13.2. The van der Waals surface area contributed by atoms with Crippen LogP contribution in [0, 0.1) is 11.3 Å². The fraction of sp³-hybridized carbons (Fsp3) is 0.115. The van der Waals surface area contributed by atoms with Crippen LogP contribution in [0.15, 0.2) is 94.3 Å². The summed E-state index contributed by atoms with van der Waals surface area (Å²) in [5.74, 6) is -3.05. The van der Waals surface area contributed by atoms with Gasteiger partial charge in [-0.05, 0) is 17.7 Å². The molecule has 4 rings (SSSR count). The zero-order valence-electron chi connectivity index (χ0n) is 19.7. The largest absolute Gasteiger partial charge is 0.466 e. The summed E-state index contributed by atoms with van der Waals surface area (Å²) < 4.78 is 43.8. The molecule has 1 aliphatic heterocycles. The molecule has 0 amide bonds. The lowest BCUT2D eigenvalue weighted by Gasteiger charge is -2.36. The molecular formula is C26H21N3O7S. The average molecular weight is 520 g/mol. The Balaban J connectivity index is 2.15. The molecule has 3 aromatic rings. The van der Waals surface area contributed by atoms with Crippen LogP contribution in [-0.2, 0) is 29.2 Å². The Labute approximate surface area is 212 Å². The first-order valence-corrected chi connectivity index (χ1v) is 12.2. The van der Waals surface area contributed by atoms with E-state index in [-0.39, 0.29) is 44.0 Å². The van der Waals surface area contributed by atoms with Gasteiger partial charge in [0.15, 0.2) is 0 Å². The van der Waals surface area contributed by atoms with Crippen molar-refractivity contribution < 1.29 is 32.0 Å². The van der Waals surface area contributed by atoms with Crippen LogP contribution in [-0.4, -0.2) is 39.1 Å². The van der Waals surface area contributed by atoms with Gasteiger partial charge < -0.3 is 15.2 Å². The second-order valence-corrected chi connectivity index (χ2v) is 9.33. The molecule has 0 fully saturated rings. The first-order valence-electron chi connectivity index (χ1n) is 10.8. The molecule has 1 unspecified atom stereocenters. The van der Waals surface area contributed by atoms with Crippen molar-refractivity contribution in [1.29, 1.82) is 5.26 Å². The number of fused-ring (bicyclic) bond motifs is 1. The Hall–Kier alpha value is -4.66. The Morgan fingerprint density at radius 1 is 0.946 bits per heavy atom. The summed E-state index contributed by atoms with van der Waals surface area (Å²) in [7, 11) is -2.34. The van der Waals surface area contributed by atoms with Crippen LogP contribution >= 0.6 is 0 Å². The first-order chi connectivity index (χ1) is 17.6. The van der Waals surface area contributed by atoms with Crippen molar-refractivity contribution in [3.63, 3.8) is 0 Å². The van der Waals surface area contributed by atoms with E-state index in [1.54, 1.807) is 48.5 Å². The Kier molecular flexibility index (Phi) is 6.72. The molecule has 0 saturated carbocycles. The van der Waals surface area contributed by atoms with Crippen molar-refractivity contribution in [2.45, 2.75) is 10.8 Å². The minimum absolute atomic E-state index is 0.0396. The van der Waals surface area contributed by atoms with Gasteiger partial charge in [0.05, 0.1) is 43.0 Å². The lowest BCUT2D eigenvalue weighted by molar-refractivity contribution is -0.139. The molecule has 1 aliphatic rings. The highest BCUT2D eigenvalue weighted by Gasteiger charge is 2.43. The first kappa shape index (κ1) is 25.4. The molecule has 0 saturated heterocycles. The summed E-state index contributed by atoms with van der Waals surface area (Å²) in [6, 6.07) is 19.2. The molecule has 3 aromatic carbocycles. The molecule has 0 bridgehead atoms. The fourth-order valence-electron chi connectivity index (χ4n) is 4.44. The van der Waals surface area contributed by atoms with Crippen LogP contribution in [0.5, 0.6) is 0 Å². The maximum absolute atomic E-state index is 13.2. The van der Waals surface area contributed by atoms with Crippen LogP contribution in [0.4, 0.5) is 5.69 Å². The number of carbonyl (C=O) groups excluding carboxylic acids is 2. The highest BCUT2D eigenvalue weighted by Crippen LogP contribution is 2.45. The van der Waals surface area contributed by atoms with E-state index < -0.39 is 28.0 Å². The van der Waals surface area contributed by atoms with Crippen LogP contribution in [0.2, 0.25) is 0 Å². The number of carbonyl (C=O) groups is 2. The minimum atomic E-state index is -4.61. The number of nitriles is 1. The number of hydrogen-bond donors (Lipinski definition) is 2. The standard InChI is InChI=1S/C26H21N3O7S/c1-35-25(30)22-21(15-8-4-3-5-9-15)18(14-27)24(28)29(23(22)26(31)36-2)19-12-13-20(37(32,33)34)17-11-7-6-10-16(17)19/h3-13,21H,28H2,1-2H3,(H,32,33,34). The van der Waals surface area contributed by atoms with Crippen molar-refractivity contribution in [3.8, 4) is 6.07 Å². The van der Waals surface area contributed by atoms with Crippen LogP contribution < -0.4 is 10.6 Å². The molecule has 1 atom stereocenters. The monoisotopic (exact) mass is 519 g/mol. The van der Waals surface area contributed by atoms with Gasteiger partial charge in [-0.25, -0.2) is 9.59 Å². The summed E-state index contributed by atoms with van der Waals surface area (Å²) in [6.07, 6.45) is 0. The van der Waals surface area contributed by atoms with Crippen LogP contribution in [0.3, 0.4) is 0 Å². The summed E-state index contributed by atoms with van der Waals surface area (Å²) >= 11 is 0. The number of allylic oxidation sites excluding steroid dienone is 1. The quantitative estimate of drug-likeness (QED) is 0.379. The predicted octanol–water partition coefficient (Wildman–Crippen LogP) is 2.98. The highest BCUT2D eigenvalue weighted by atomic mass is 32.2. The normalized spacial score (nSPS) is 15.9. The number of rotatable bonds is 5. The van der Waals surface area contributed by atoms with E-state index in [4.69, 9.17) is 15.2 Å². The van der Waals surface area contributed by atoms with Gasteiger partial charge in [0, 0.05) is 10.8 Å². The van der Waals surface area contributed by atoms with Gasteiger partial charge in [0.1, 0.15) is 16.4 Å². The topological polar surface area (TPSA) is 160 Å². The summed E-state index contributed by atoms with van der Waals surface area (Å²) in [4.78, 5) is 27.2. The number of benzene rings is 3. The lowest BCUT2D eigenvalue weighted by Crippen LogP contribution is -2.40. The second-order valence-electron chi connectivity index (χ2n) is 7.94. The molecule has 0 aliphatic carbocycles. The molecule has 3 N–H and O–H groups in total. The van der Waals surface area contributed by atoms with E-state index in [1.807, 2.05) is 0 Å². The number of methoxy groups -OCH3 is 2. The van der Waals surface area contributed by atoms with E-state index in [0.29, 0.717) is 5.56 Å². The fourth-order valence-corrected chi connectivity index (χ4v) is 5.13. The molecule has 0 aromatic heterocycles. The highest BCUT2D eigenvalue weighted by molar-refractivity contribution is 7.86. The molecule has 10 nitrogen and oxygen atoms in total. The third kappa shape index (κ3) is 4.29. The van der Waals surface area contributed by atoms with E-state index in [9.17, 15) is 27.8 Å². The van der Waals surface area contributed by atoms with Crippen molar-refractivity contribution in [2.24, 2.45) is 5.73 Å². The zero-order chi connectivity index (χ0) is 26.9. The molecule has 1 heterocycles. The van der Waals surface area contributed by atoms with Crippen molar-refractivity contribution in [1.82, 2.24) is 0 Å². The van der Waals surface area contributed by atoms with Gasteiger partial charge >= 0.3 is 11.9 Å².